The number of ether oxygens (including phenoxy) is 8. The van der Waals surface area contributed by atoms with Gasteiger partial charge in [-0.2, -0.15) is 0 Å². The first kappa shape index (κ1) is 99.9. The molecule has 15 rings (SSSR count). The predicted molar refractivity (Wildman–Crippen MR) is 510 cm³/mol. The molecule has 7 aromatic carbocycles. The summed E-state index contributed by atoms with van der Waals surface area (Å²) in [5.41, 5.74) is 16.7. The minimum atomic E-state index is -1.30. The topological polar surface area (TPSA) is 406 Å². The maximum absolute atomic E-state index is 13.3. The summed E-state index contributed by atoms with van der Waals surface area (Å²) in [6, 6.07) is 60.6. The van der Waals surface area contributed by atoms with E-state index < -0.39 is 35.3 Å². The fourth-order valence-electron chi connectivity index (χ4n) is 13.7. The number of carbonyl (C=O) groups is 6. The average molecular weight is 1960 g/mol. The van der Waals surface area contributed by atoms with Gasteiger partial charge in [-0.1, -0.05) is 140 Å². The maximum atomic E-state index is 13.3. The van der Waals surface area contributed by atoms with Crippen LogP contribution in [0.4, 0.5) is 29.2 Å². The minimum Gasteiger partial charge on any atom is -0.504 e. The number of fused-ring (bicyclic) bond motifs is 4. The molecule has 0 aliphatic carbocycles. The summed E-state index contributed by atoms with van der Waals surface area (Å²) < 4.78 is 96.5. The average Bonchev–Trinajstić information content (AvgIpc) is 0.755. The molecule has 0 saturated carbocycles. The number of amides is 5. The number of carbonyl (C=O) groups excluding carboxylic acids is 5. The molecule has 0 fully saturated rings. The number of halogens is 5. The predicted octanol–water partition coefficient (Wildman–Crippen LogP) is 14.9. The van der Waals surface area contributed by atoms with Crippen LogP contribution in [0.3, 0.4) is 0 Å². The van der Waals surface area contributed by atoms with Crippen LogP contribution in [0.1, 0.15) is 114 Å². The largest absolute Gasteiger partial charge is 0.504 e. The van der Waals surface area contributed by atoms with Crippen molar-refractivity contribution in [2.24, 2.45) is 0 Å². The van der Waals surface area contributed by atoms with Gasteiger partial charge in [0.1, 0.15) is 87.1 Å². The minimum absolute atomic E-state index is 0.0604. The van der Waals surface area contributed by atoms with Gasteiger partial charge in [0.15, 0.2) is 51.5 Å². The highest BCUT2D eigenvalue weighted by molar-refractivity contribution is 14.1. The van der Waals surface area contributed by atoms with Gasteiger partial charge in [0.25, 0.3) is 29.5 Å². The second-order valence-electron chi connectivity index (χ2n) is 30.3. The van der Waals surface area contributed by atoms with Gasteiger partial charge in [-0.25, -0.2) is 42.3 Å². The first-order valence-corrected chi connectivity index (χ1v) is 43.6. The summed E-state index contributed by atoms with van der Waals surface area (Å²) in [5, 5.41) is 35.9. The molecule has 0 unspecified atom stereocenters. The van der Waals surface area contributed by atoms with E-state index in [1.54, 1.807) is 99.7 Å². The number of aromatic nitrogens is 8. The first-order chi connectivity index (χ1) is 66.0. The smallest absolute Gasteiger partial charge is 0.355 e. The number of pyridine rings is 8. The van der Waals surface area contributed by atoms with E-state index in [0.717, 1.165) is 61.0 Å². The summed E-state index contributed by atoms with van der Waals surface area (Å²) in [6.45, 7) is 2.81. The summed E-state index contributed by atoms with van der Waals surface area (Å²) in [7, 11) is 7.50. The van der Waals surface area contributed by atoms with Gasteiger partial charge >= 0.3 is 5.97 Å². The van der Waals surface area contributed by atoms with Crippen LogP contribution in [-0.2, 0) is 74.0 Å². The highest BCUT2D eigenvalue weighted by Gasteiger charge is 2.29. The van der Waals surface area contributed by atoms with E-state index in [0.29, 0.717) is 88.8 Å². The van der Waals surface area contributed by atoms with E-state index in [-0.39, 0.29) is 150 Å². The second-order valence-corrected chi connectivity index (χ2v) is 31.3. The van der Waals surface area contributed by atoms with Gasteiger partial charge in [0.2, 0.25) is 0 Å². The third-order valence-corrected chi connectivity index (χ3v) is 21.2. The van der Waals surface area contributed by atoms with Crippen LogP contribution in [0.2, 0.25) is 0 Å². The zero-order valence-electron chi connectivity index (χ0n) is 74.5. The van der Waals surface area contributed by atoms with Gasteiger partial charge in [-0.05, 0) is 182 Å². The van der Waals surface area contributed by atoms with Crippen LogP contribution in [-0.4, -0.2) is 180 Å². The number of rotatable bonds is 37. The van der Waals surface area contributed by atoms with Crippen molar-refractivity contribution in [2.45, 2.75) is 45.5 Å². The van der Waals surface area contributed by atoms with E-state index >= 15 is 0 Å². The lowest BCUT2D eigenvalue weighted by Crippen LogP contribution is -2.29. The van der Waals surface area contributed by atoms with Gasteiger partial charge in [0.05, 0.1) is 26.4 Å². The van der Waals surface area contributed by atoms with Crippen LogP contribution >= 0.6 is 22.6 Å². The number of benzene rings is 7. The summed E-state index contributed by atoms with van der Waals surface area (Å²) in [4.78, 5) is 111. The number of aromatic carboxylic acids is 1. The summed E-state index contributed by atoms with van der Waals surface area (Å²) in [6.07, 6.45) is 8.56. The number of nitrogen functional groups attached to an aromatic ring is 1. The number of nitrogens with zero attached hydrogens (tertiary/aromatic N) is 8. The molecule has 8 heterocycles. The Balaban J connectivity index is 0.000000163. The lowest BCUT2D eigenvalue weighted by molar-refractivity contribution is -0.119. The molecule has 5 amide bonds. The number of nitrogens with two attached hydrogens (primary N) is 1. The molecule has 9 N–H and O–H groups in total. The van der Waals surface area contributed by atoms with Crippen molar-refractivity contribution in [1.29, 1.82) is 0 Å². The van der Waals surface area contributed by atoms with E-state index in [1.807, 2.05) is 103 Å². The van der Waals surface area contributed by atoms with E-state index in [2.05, 4.69) is 89.0 Å². The summed E-state index contributed by atoms with van der Waals surface area (Å²) in [5.74, 6) is -4.53. The van der Waals surface area contributed by atoms with Crippen molar-refractivity contribution in [3.05, 3.63) is 354 Å². The molecule has 35 heteroatoms. The number of anilines is 2. The number of carboxylic acids is 1. The molecular formula is C101H95F4IN14O16. The molecule has 15 aromatic rings. The lowest BCUT2D eigenvalue weighted by Gasteiger charge is -2.15. The molecule has 8 aromatic heterocycles. The molecule has 0 radical (unpaired) electrons. The quantitative estimate of drug-likeness (QED) is 0.00776. The molecule has 700 valence electrons. The van der Waals surface area contributed by atoms with Crippen molar-refractivity contribution in [1.82, 2.24) is 61.1 Å². The van der Waals surface area contributed by atoms with E-state index in [9.17, 15) is 56.5 Å². The molecule has 0 aliphatic rings. The number of aromatic hydroxyl groups is 1. The Morgan fingerprint density at radius 3 is 1.03 bits per heavy atom. The Hall–Kier alpha value is -15.2. The van der Waals surface area contributed by atoms with Crippen molar-refractivity contribution < 1.29 is 94.4 Å². The zero-order chi connectivity index (χ0) is 96.4. The Bertz CT molecular complexity index is 6460. The van der Waals surface area contributed by atoms with Crippen molar-refractivity contribution >= 4 is 113 Å². The number of hydrogen-bond acceptors (Lipinski definition) is 24. The zero-order valence-corrected chi connectivity index (χ0v) is 76.6. The molecule has 0 saturated heterocycles. The first-order valence-electron chi connectivity index (χ1n) is 42.5. The van der Waals surface area contributed by atoms with Gasteiger partial charge in [-0.3, -0.25) is 43.9 Å². The van der Waals surface area contributed by atoms with Crippen molar-refractivity contribution in [3.63, 3.8) is 0 Å². The van der Waals surface area contributed by atoms with E-state index in [1.165, 1.54) is 69.9 Å². The molecule has 30 nitrogen and oxygen atoms in total. The van der Waals surface area contributed by atoms with Crippen LogP contribution in [0.25, 0.3) is 43.6 Å². The molecule has 0 aliphatic heterocycles. The standard InChI is InChI=1S/C27H24FN3O5.C26H23FIN3O3.C26H25FN4O3.C22H23FN4O5/c1-35-12-11-29-26(32)24-25(36-16-18-5-3-2-4-6-18)22-21(23(31-24)27(33)34)14-19(15-30-22)13-17-7-9-20(28)10-8-17;2*1-33-12-11-29-26(32)23-24(34-16-18-5-3-2-4-6-18)22-21(25(28)31-23)14-19(15-30-22)13-17-7-9-20(27)10-8-17;1-31-8-7-24-22(30)19-20(29)18-16(21(27-19)26-17(28)12-32-2)10-14(11-25-18)9-13-3-5-15(23)6-4-13/h2-10,14-15H,11-13,16H2,1H3,(H,29,32)(H,33,34);2-10,14-15H,11-13,16H2,1H3,(H,29,32);2-10,14-15H,11-13,16H2,1H3,(H2,28,31)(H,29,32);3-6,10-11,29H,7-9,12H2,1-2H3,(H,24,30)(H,26,27,28). The highest BCUT2D eigenvalue weighted by Crippen LogP contribution is 2.37. The van der Waals surface area contributed by atoms with Crippen LogP contribution in [0.5, 0.6) is 23.0 Å². The Kier molecular flexibility index (Phi) is 36.8. The van der Waals surface area contributed by atoms with Crippen molar-refractivity contribution in [3.8, 4) is 23.0 Å². The molecule has 136 heavy (non-hydrogen) atoms. The van der Waals surface area contributed by atoms with Gasteiger partial charge in [-0.15, -0.1) is 0 Å². The third-order valence-electron chi connectivity index (χ3n) is 20.3. The highest BCUT2D eigenvalue weighted by atomic mass is 127. The third kappa shape index (κ3) is 28.0. The number of carboxylic acid groups (broad SMARTS) is 1. The normalized spacial score (nSPS) is 10.9. The molecule has 0 atom stereocenters. The van der Waals surface area contributed by atoms with Gasteiger partial charge < -0.3 is 80.4 Å². The Morgan fingerprint density at radius 1 is 0.353 bits per heavy atom. The van der Waals surface area contributed by atoms with E-state index in [4.69, 9.17) is 43.6 Å². The fourth-order valence-corrected chi connectivity index (χ4v) is 14.4. The second kappa shape index (κ2) is 50.1. The Morgan fingerprint density at radius 2 is 0.669 bits per heavy atom. The monoisotopic (exact) mass is 1960 g/mol. The number of nitrogens with one attached hydrogen (secondary N) is 5. The molecule has 0 bridgehead atoms. The van der Waals surface area contributed by atoms with Crippen molar-refractivity contribution in [2.75, 3.05) is 106 Å². The van der Waals surface area contributed by atoms with Crippen LogP contribution < -0.4 is 46.5 Å². The SMILES string of the molecule is COCCNC(=O)c1nc(C(=O)O)c2cc(Cc3ccc(F)cc3)cnc2c1OCc1ccccc1.COCCNC(=O)c1nc(I)c2cc(Cc3ccc(F)cc3)cnc2c1OCc1ccccc1.COCCNC(=O)c1nc(N)c2cc(Cc3ccc(F)cc3)cnc2c1OCc1ccccc1.COCCNC(=O)c1nc(NC(=O)COC)c2cc(Cc3ccc(F)cc3)cnc2c1O. The number of hydrogen-bond donors (Lipinski definition) is 8. The maximum Gasteiger partial charge on any atom is 0.355 e. The number of methoxy groups -OCH3 is 5. The lowest BCUT2D eigenvalue weighted by atomic mass is 10.0. The van der Waals surface area contributed by atoms with Gasteiger partial charge in [0, 0.05) is 108 Å². The molecular weight excluding hydrogens is 1870 g/mol. The summed E-state index contributed by atoms with van der Waals surface area (Å²) >= 11 is 2.11. The van der Waals surface area contributed by atoms with Crippen LogP contribution in [0.15, 0.2) is 237 Å². The fraction of sp³-hybridized carbons (Fsp3) is 0.208. The van der Waals surface area contributed by atoms with Crippen LogP contribution in [0, 0.1) is 27.0 Å². The molecule has 0 spiro atoms. The Labute approximate surface area is 792 Å².